The minimum absolute atomic E-state index is 0.153. The highest BCUT2D eigenvalue weighted by atomic mass is 35.5. The summed E-state index contributed by atoms with van der Waals surface area (Å²) in [5.74, 6) is 0. The molecular formula is C18H22ClN3S. The molecule has 2 N–H and O–H groups in total. The molecule has 0 aliphatic carbocycles. The molecule has 3 nitrogen and oxygen atoms in total. The van der Waals surface area contributed by atoms with Crippen LogP contribution in [0.4, 0.5) is 0 Å². The molecule has 5 heteroatoms. The molecule has 2 rings (SSSR count). The summed E-state index contributed by atoms with van der Waals surface area (Å²) in [6.07, 6.45) is 0. The Balaban J connectivity index is 1.89. The average Bonchev–Trinajstić information content (AvgIpc) is 2.55. The van der Waals surface area contributed by atoms with Crippen molar-refractivity contribution in [3.63, 3.8) is 0 Å². The number of nitrogens with zero attached hydrogens (tertiary/aromatic N) is 1. The summed E-state index contributed by atoms with van der Waals surface area (Å²) >= 11 is 11.7. The van der Waals surface area contributed by atoms with Crippen LogP contribution in [0.1, 0.15) is 17.2 Å². The number of thiocarbonyl (C=S) groups is 1. The number of benzene rings is 2. The van der Waals surface area contributed by atoms with Crippen LogP contribution in [-0.2, 0) is 6.54 Å². The highest BCUT2D eigenvalue weighted by Crippen LogP contribution is 2.25. The average molecular weight is 348 g/mol. The third-order valence-electron chi connectivity index (χ3n) is 3.64. The second-order valence-corrected chi connectivity index (χ2v) is 6.37. The molecule has 0 fully saturated rings. The van der Waals surface area contributed by atoms with Crippen LogP contribution in [0.15, 0.2) is 54.6 Å². The number of hydrogen-bond acceptors (Lipinski definition) is 2. The van der Waals surface area contributed by atoms with Crippen molar-refractivity contribution < 1.29 is 0 Å². The van der Waals surface area contributed by atoms with Crippen LogP contribution in [0.25, 0.3) is 0 Å². The maximum absolute atomic E-state index is 6.32. The zero-order valence-corrected chi connectivity index (χ0v) is 15.0. The molecule has 0 amide bonds. The van der Waals surface area contributed by atoms with Crippen LogP contribution < -0.4 is 10.6 Å². The Kier molecular flexibility index (Phi) is 6.84. The first-order chi connectivity index (χ1) is 11.1. The summed E-state index contributed by atoms with van der Waals surface area (Å²) in [5.41, 5.74) is 2.30. The molecule has 0 unspecified atom stereocenters. The minimum atomic E-state index is 0.153. The summed E-state index contributed by atoms with van der Waals surface area (Å²) in [6.45, 7) is 1.41. The van der Waals surface area contributed by atoms with E-state index in [1.54, 1.807) is 0 Å². The van der Waals surface area contributed by atoms with Crippen LogP contribution in [0.3, 0.4) is 0 Å². The normalized spacial score (nSPS) is 12.0. The Morgan fingerprint density at radius 1 is 1.04 bits per heavy atom. The SMILES string of the molecule is CN(C)[C@@H](CNC(=S)NCc1ccccc1)c1ccccc1Cl. The third kappa shape index (κ3) is 5.50. The molecular weight excluding hydrogens is 326 g/mol. The molecule has 0 aromatic heterocycles. The topological polar surface area (TPSA) is 27.3 Å². The minimum Gasteiger partial charge on any atom is -0.361 e. The molecule has 0 aliphatic rings. The van der Waals surface area contributed by atoms with Crippen molar-refractivity contribution in [1.29, 1.82) is 0 Å². The molecule has 23 heavy (non-hydrogen) atoms. The standard InChI is InChI=1S/C18H22ClN3S/c1-22(2)17(15-10-6-7-11-16(15)19)13-21-18(23)20-12-14-8-4-3-5-9-14/h3-11,17H,12-13H2,1-2H3,(H2,20,21,23)/t17-/m0/s1. The molecule has 0 radical (unpaired) electrons. The van der Waals surface area contributed by atoms with Gasteiger partial charge in [0.25, 0.3) is 0 Å². The maximum Gasteiger partial charge on any atom is 0.166 e. The van der Waals surface area contributed by atoms with E-state index in [9.17, 15) is 0 Å². The summed E-state index contributed by atoms with van der Waals surface area (Å²) in [7, 11) is 4.08. The van der Waals surface area contributed by atoms with Crippen molar-refractivity contribution in [2.24, 2.45) is 0 Å². The molecule has 2 aromatic carbocycles. The number of rotatable bonds is 6. The Bertz CT molecular complexity index is 631. The Hall–Kier alpha value is -1.62. The second-order valence-electron chi connectivity index (χ2n) is 5.55. The van der Waals surface area contributed by atoms with E-state index in [1.807, 2.05) is 50.5 Å². The molecule has 0 saturated carbocycles. The van der Waals surface area contributed by atoms with E-state index in [4.69, 9.17) is 23.8 Å². The van der Waals surface area contributed by atoms with Crippen LogP contribution in [-0.4, -0.2) is 30.7 Å². The Morgan fingerprint density at radius 3 is 2.35 bits per heavy atom. The van der Waals surface area contributed by atoms with Gasteiger partial charge in [-0.25, -0.2) is 0 Å². The monoisotopic (exact) mass is 347 g/mol. The van der Waals surface area contributed by atoms with Crippen molar-refractivity contribution in [3.05, 3.63) is 70.7 Å². The summed E-state index contributed by atoms with van der Waals surface area (Å²) < 4.78 is 0. The van der Waals surface area contributed by atoms with E-state index >= 15 is 0 Å². The van der Waals surface area contributed by atoms with Crippen LogP contribution >= 0.6 is 23.8 Å². The summed E-state index contributed by atoms with van der Waals surface area (Å²) in [5, 5.41) is 7.93. The van der Waals surface area contributed by atoms with E-state index in [1.165, 1.54) is 5.56 Å². The van der Waals surface area contributed by atoms with Gasteiger partial charge in [0.2, 0.25) is 0 Å². The lowest BCUT2D eigenvalue weighted by molar-refractivity contribution is 0.298. The zero-order chi connectivity index (χ0) is 16.7. The number of halogens is 1. The lowest BCUT2D eigenvalue weighted by atomic mass is 10.1. The van der Waals surface area contributed by atoms with Gasteiger partial charge in [-0.3, -0.25) is 0 Å². The smallest absolute Gasteiger partial charge is 0.166 e. The van der Waals surface area contributed by atoms with E-state index in [2.05, 4.69) is 33.7 Å². The van der Waals surface area contributed by atoms with Crippen LogP contribution in [0.2, 0.25) is 5.02 Å². The highest BCUT2D eigenvalue weighted by molar-refractivity contribution is 7.80. The van der Waals surface area contributed by atoms with Crippen molar-refractivity contribution in [3.8, 4) is 0 Å². The van der Waals surface area contributed by atoms with Gasteiger partial charge in [-0.15, -0.1) is 0 Å². The van der Waals surface area contributed by atoms with Crippen LogP contribution in [0.5, 0.6) is 0 Å². The van der Waals surface area contributed by atoms with Crippen molar-refractivity contribution >= 4 is 28.9 Å². The van der Waals surface area contributed by atoms with Gasteiger partial charge in [0, 0.05) is 18.1 Å². The van der Waals surface area contributed by atoms with Gasteiger partial charge in [-0.1, -0.05) is 60.1 Å². The number of nitrogens with one attached hydrogen (secondary N) is 2. The summed E-state index contributed by atoms with van der Waals surface area (Å²) in [4.78, 5) is 2.13. The molecule has 0 saturated heterocycles. The van der Waals surface area contributed by atoms with Gasteiger partial charge >= 0.3 is 0 Å². The third-order valence-corrected chi connectivity index (χ3v) is 4.27. The molecule has 0 bridgehead atoms. The van der Waals surface area contributed by atoms with E-state index < -0.39 is 0 Å². The molecule has 2 aromatic rings. The predicted molar refractivity (Wildman–Crippen MR) is 102 cm³/mol. The Labute approximate surface area is 148 Å². The lowest BCUT2D eigenvalue weighted by Crippen LogP contribution is -2.40. The van der Waals surface area contributed by atoms with Crippen LogP contribution in [0, 0.1) is 0 Å². The fourth-order valence-corrected chi connectivity index (χ4v) is 2.76. The van der Waals surface area contributed by atoms with Crippen molar-refractivity contribution in [2.75, 3.05) is 20.6 Å². The lowest BCUT2D eigenvalue weighted by Gasteiger charge is -2.26. The van der Waals surface area contributed by atoms with Gasteiger partial charge in [0.15, 0.2) is 5.11 Å². The van der Waals surface area contributed by atoms with Gasteiger partial charge in [-0.2, -0.15) is 0 Å². The van der Waals surface area contributed by atoms with Gasteiger partial charge in [0.05, 0.1) is 6.04 Å². The largest absolute Gasteiger partial charge is 0.361 e. The fraction of sp³-hybridized carbons (Fsp3) is 0.278. The van der Waals surface area contributed by atoms with Gasteiger partial charge in [-0.05, 0) is 43.5 Å². The van der Waals surface area contributed by atoms with Crippen molar-refractivity contribution in [1.82, 2.24) is 15.5 Å². The fourth-order valence-electron chi connectivity index (χ4n) is 2.35. The van der Waals surface area contributed by atoms with E-state index in [0.29, 0.717) is 18.2 Å². The molecule has 0 aliphatic heterocycles. The zero-order valence-electron chi connectivity index (χ0n) is 13.4. The van der Waals surface area contributed by atoms with Crippen molar-refractivity contribution in [2.45, 2.75) is 12.6 Å². The summed E-state index contributed by atoms with van der Waals surface area (Å²) in [6, 6.07) is 18.3. The molecule has 0 spiro atoms. The first-order valence-electron chi connectivity index (χ1n) is 7.54. The number of hydrogen-bond donors (Lipinski definition) is 2. The Morgan fingerprint density at radius 2 is 1.70 bits per heavy atom. The molecule has 122 valence electrons. The molecule has 0 heterocycles. The van der Waals surface area contributed by atoms with E-state index in [-0.39, 0.29) is 6.04 Å². The quantitative estimate of drug-likeness (QED) is 0.781. The molecule has 1 atom stereocenters. The maximum atomic E-state index is 6.32. The number of likely N-dealkylation sites (N-methyl/N-ethyl adjacent to an activating group) is 1. The van der Waals surface area contributed by atoms with E-state index in [0.717, 1.165) is 10.6 Å². The highest BCUT2D eigenvalue weighted by Gasteiger charge is 2.16. The second kappa shape index (κ2) is 8.87. The first-order valence-corrected chi connectivity index (χ1v) is 8.33. The predicted octanol–water partition coefficient (Wildman–Crippen LogP) is 3.61. The van der Waals surface area contributed by atoms with Gasteiger partial charge in [0.1, 0.15) is 0 Å². The van der Waals surface area contributed by atoms with Gasteiger partial charge < -0.3 is 15.5 Å². The first kappa shape index (κ1) is 17.7.